The van der Waals surface area contributed by atoms with Crippen molar-refractivity contribution >= 4 is 11.8 Å². The van der Waals surface area contributed by atoms with Crippen LogP contribution in [0.4, 0.5) is 10.6 Å². The fourth-order valence-electron chi connectivity index (χ4n) is 2.22. The SMILES string of the molecule is CCOCCNC(=O)Nc1c(C)cnn1C(C)C1CC1. The number of hydrogen-bond donors (Lipinski definition) is 2. The smallest absolute Gasteiger partial charge is 0.320 e. The molecule has 1 aliphatic carbocycles. The molecule has 1 aromatic heterocycles. The quantitative estimate of drug-likeness (QED) is 0.753. The van der Waals surface area contributed by atoms with Gasteiger partial charge in [-0.05, 0) is 39.5 Å². The Morgan fingerprint density at radius 2 is 2.35 bits per heavy atom. The van der Waals surface area contributed by atoms with Gasteiger partial charge in [-0.1, -0.05) is 0 Å². The number of carbonyl (C=O) groups is 1. The third-order valence-corrected chi connectivity index (χ3v) is 3.64. The van der Waals surface area contributed by atoms with Crippen molar-refractivity contribution in [2.24, 2.45) is 5.92 Å². The molecule has 1 fully saturated rings. The van der Waals surface area contributed by atoms with Gasteiger partial charge in [0, 0.05) is 18.7 Å². The van der Waals surface area contributed by atoms with Gasteiger partial charge in [-0.25, -0.2) is 9.48 Å². The second kappa shape index (κ2) is 6.74. The molecular formula is C14H24N4O2. The number of amides is 2. The van der Waals surface area contributed by atoms with Crippen LogP contribution in [0.5, 0.6) is 0 Å². The molecule has 20 heavy (non-hydrogen) atoms. The van der Waals surface area contributed by atoms with E-state index in [1.807, 2.05) is 18.5 Å². The molecule has 0 saturated heterocycles. The number of aryl methyl sites for hydroxylation is 1. The highest BCUT2D eigenvalue weighted by Gasteiger charge is 2.31. The van der Waals surface area contributed by atoms with E-state index in [4.69, 9.17) is 4.74 Å². The summed E-state index contributed by atoms with van der Waals surface area (Å²) in [4.78, 5) is 11.9. The summed E-state index contributed by atoms with van der Waals surface area (Å²) in [6.45, 7) is 7.74. The van der Waals surface area contributed by atoms with Crippen LogP contribution in [-0.2, 0) is 4.74 Å². The average Bonchev–Trinajstić information content (AvgIpc) is 3.21. The molecule has 1 aliphatic rings. The predicted octanol–water partition coefficient (Wildman–Crippen LogP) is 2.32. The topological polar surface area (TPSA) is 68.2 Å². The highest BCUT2D eigenvalue weighted by molar-refractivity contribution is 5.89. The Balaban J connectivity index is 1.91. The first-order chi connectivity index (χ1) is 9.63. The summed E-state index contributed by atoms with van der Waals surface area (Å²) >= 11 is 0. The van der Waals surface area contributed by atoms with Crippen molar-refractivity contribution in [1.82, 2.24) is 15.1 Å². The number of carbonyl (C=O) groups excluding carboxylic acids is 1. The number of nitrogens with one attached hydrogen (secondary N) is 2. The molecule has 1 heterocycles. The molecule has 2 amide bonds. The molecule has 112 valence electrons. The van der Waals surface area contributed by atoms with Crippen LogP contribution in [0.1, 0.15) is 38.3 Å². The van der Waals surface area contributed by atoms with Gasteiger partial charge in [0.2, 0.25) is 0 Å². The van der Waals surface area contributed by atoms with Crippen molar-refractivity contribution in [3.05, 3.63) is 11.8 Å². The maximum atomic E-state index is 11.9. The van der Waals surface area contributed by atoms with Gasteiger partial charge in [-0.2, -0.15) is 5.10 Å². The maximum Gasteiger partial charge on any atom is 0.320 e. The lowest BCUT2D eigenvalue weighted by atomic mass is 10.2. The van der Waals surface area contributed by atoms with Crippen LogP contribution in [0, 0.1) is 12.8 Å². The number of anilines is 1. The van der Waals surface area contributed by atoms with Crippen LogP contribution in [0.25, 0.3) is 0 Å². The molecule has 0 radical (unpaired) electrons. The molecular weight excluding hydrogens is 256 g/mol. The van der Waals surface area contributed by atoms with Gasteiger partial charge in [0.1, 0.15) is 5.82 Å². The standard InChI is InChI=1S/C14H24N4O2/c1-4-20-8-7-15-14(19)17-13-10(2)9-16-18(13)11(3)12-5-6-12/h9,11-12H,4-8H2,1-3H3,(H2,15,17,19). The van der Waals surface area contributed by atoms with Crippen LogP contribution in [0.3, 0.4) is 0 Å². The Labute approximate surface area is 119 Å². The number of ether oxygens (including phenoxy) is 1. The normalized spacial score (nSPS) is 15.9. The molecule has 2 rings (SSSR count). The van der Waals surface area contributed by atoms with Crippen molar-refractivity contribution in [2.75, 3.05) is 25.1 Å². The average molecular weight is 280 g/mol. The zero-order valence-electron chi connectivity index (χ0n) is 12.5. The lowest BCUT2D eigenvalue weighted by molar-refractivity contribution is 0.150. The minimum Gasteiger partial charge on any atom is -0.380 e. The largest absolute Gasteiger partial charge is 0.380 e. The number of hydrogen-bond acceptors (Lipinski definition) is 3. The van der Waals surface area contributed by atoms with Crippen LogP contribution in [0.15, 0.2) is 6.20 Å². The molecule has 0 spiro atoms. The van der Waals surface area contributed by atoms with Gasteiger partial charge in [0.05, 0.1) is 18.8 Å². The van der Waals surface area contributed by atoms with Crippen LogP contribution >= 0.6 is 0 Å². The monoisotopic (exact) mass is 280 g/mol. The van der Waals surface area contributed by atoms with E-state index < -0.39 is 0 Å². The molecule has 1 atom stereocenters. The van der Waals surface area contributed by atoms with Crippen LogP contribution in [0.2, 0.25) is 0 Å². The zero-order chi connectivity index (χ0) is 14.5. The summed E-state index contributed by atoms with van der Waals surface area (Å²) in [5, 5.41) is 10.1. The van der Waals surface area contributed by atoms with Crippen LogP contribution in [-0.4, -0.2) is 35.6 Å². The van der Waals surface area contributed by atoms with Crippen molar-refractivity contribution in [3.63, 3.8) is 0 Å². The first kappa shape index (κ1) is 14.8. The molecule has 1 saturated carbocycles. The van der Waals surface area contributed by atoms with Crippen molar-refractivity contribution in [2.45, 2.75) is 39.7 Å². The summed E-state index contributed by atoms with van der Waals surface area (Å²) < 4.78 is 7.11. The second-order valence-corrected chi connectivity index (χ2v) is 5.28. The lowest BCUT2D eigenvalue weighted by Gasteiger charge is -2.16. The van der Waals surface area contributed by atoms with E-state index in [0.29, 0.717) is 31.7 Å². The third-order valence-electron chi connectivity index (χ3n) is 3.64. The number of rotatable bonds is 7. The van der Waals surface area contributed by atoms with Gasteiger partial charge in [0.15, 0.2) is 0 Å². The Morgan fingerprint density at radius 3 is 3.00 bits per heavy atom. The van der Waals surface area contributed by atoms with E-state index in [1.54, 1.807) is 6.20 Å². The first-order valence-electron chi connectivity index (χ1n) is 7.30. The molecule has 1 unspecified atom stereocenters. The van der Waals surface area contributed by atoms with E-state index in [-0.39, 0.29) is 6.03 Å². The van der Waals surface area contributed by atoms with Gasteiger partial charge in [0.25, 0.3) is 0 Å². The van der Waals surface area contributed by atoms with E-state index in [9.17, 15) is 4.79 Å². The summed E-state index contributed by atoms with van der Waals surface area (Å²) in [7, 11) is 0. The van der Waals surface area contributed by atoms with Gasteiger partial charge < -0.3 is 10.1 Å². The van der Waals surface area contributed by atoms with E-state index in [1.165, 1.54) is 12.8 Å². The minimum absolute atomic E-state index is 0.211. The number of aromatic nitrogens is 2. The molecule has 0 bridgehead atoms. The second-order valence-electron chi connectivity index (χ2n) is 5.28. The first-order valence-corrected chi connectivity index (χ1v) is 7.30. The van der Waals surface area contributed by atoms with Crippen LogP contribution < -0.4 is 10.6 Å². The Hall–Kier alpha value is -1.56. The molecule has 0 aliphatic heterocycles. The zero-order valence-corrected chi connectivity index (χ0v) is 12.5. The van der Waals surface area contributed by atoms with Crippen molar-refractivity contribution < 1.29 is 9.53 Å². The Morgan fingerprint density at radius 1 is 1.60 bits per heavy atom. The van der Waals surface area contributed by atoms with Gasteiger partial charge >= 0.3 is 6.03 Å². The summed E-state index contributed by atoms with van der Waals surface area (Å²) in [5.74, 6) is 1.48. The summed E-state index contributed by atoms with van der Waals surface area (Å²) in [6.07, 6.45) is 4.30. The summed E-state index contributed by atoms with van der Waals surface area (Å²) in [5.41, 5.74) is 0.984. The van der Waals surface area contributed by atoms with E-state index in [0.717, 1.165) is 11.4 Å². The molecule has 2 N–H and O–H groups in total. The van der Waals surface area contributed by atoms with E-state index in [2.05, 4.69) is 22.7 Å². The highest BCUT2D eigenvalue weighted by Crippen LogP contribution is 2.40. The molecule has 6 heteroatoms. The Bertz CT molecular complexity index is 454. The Kier molecular flexibility index (Phi) is 5.00. The number of urea groups is 1. The lowest BCUT2D eigenvalue weighted by Crippen LogP contribution is -2.33. The highest BCUT2D eigenvalue weighted by atomic mass is 16.5. The van der Waals surface area contributed by atoms with Gasteiger partial charge in [-0.15, -0.1) is 0 Å². The van der Waals surface area contributed by atoms with Gasteiger partial charge in [-0.3, -0.25) is 5.32 Å². The minimum atomic E-state index is -0.211. The van der Waals surface area contributed by atoms with E-state index >= 15 is 0 Å². The number of nitrogens with zero attached hydrogens (tertiary/aromatic N) is 2. The maximum absolute atomic E-state index is 11.9. The van der Waals surface area contributed by atoms with Crippen molar-refractivity contribution in [3.8, 4) is 0 Å². The van der Waals surface area contributed by atoms with Crippen molar-refractivity contribution in [1.29, 1.82) is 0 Å². The fourth-order valence-corrected chi connectivity index (χ4v) is 2.22. The fraction of sp³-hybridized carbons (Fsp3) is 0.714. The third kappa shape index (κ3) is 3.72. The summed E-state index contributed by atoms with van der Waals surface area (Å²) in [6, 6.07) is 0.125. The molecule has 0 aromatic carbocycles. The molecule has 1 aromatic rings. The molecule has 6 nitrogen and oxygen atoms in total. The predicted molar refractivity (Wildman–Crippen MR) is 77.9 cm³/mol.